The molecular formula is C14H30O4. The second-order valence-electron chi connectivity index (χ2n) is 4.68. The van der Waals surface area contributed by atoms with E-state index in [-0.39, 0.29) is 12.6 Å². The van der Waals surface area contributed by atoms with Gasteiger partial charge in [-0.15, -0.1) is 0 Å². The summed E-state index contributed by atoms with van der Waals surface area (Å²) < 4.78 is 20.7. The third kappa shape index (κ3) is 8.86. The Bertz CT molecular complexity index is 131. The molecule has 0 saturated carbocycles. The Labute approximate surface area is 112 Å². The van der Waals surface area contributed by atoms with Crippen LogP contribution in [0.4, 0.5) is 0 Å². The third-order valence-corrected chi connectivity index (χ3v) is 2.46. The molecule has 0 amide bonds. The molecule has 2 aliphatic heterocycles. The zero-order chi connectivity index (χ0) is 14.0. The van der Waals surface area contributed by atoms with Gasteiger partial charge in [0.1, 0.15) is 0 Å². The Morgan fingerprint density at radius 3 is 0.944 bits per heavy atom. The quantitative estimate of drug-likeness (QED) is 0.672. The van der Waals surface area contributed by atoms with E-state index in [0.717, 1.165) is 26.4 Å². The molecule has 2 fully saturated rings. The van der Waals surface area contributed by atoms with Gasteiger partial charge in [-0.05, 0) is 13.8 Å². The largest absolute Gasteiger partial charge is 0.353 e. The molecule has 110 valence electrons. The molecular weight excluding hydrogens is 232 g/mol. The summed E-state index contributed by atoms with van der Waals surface area (Å²) in [6.07, 6.45) is 0.0393. The first kappa shape index (κ1) is 17.8. The number of ether oxygens (including phenoxy) is 4. The Morgan fingerprint density at radius 1 is 0.556 bits per heavy atom. The molecule has 2 saturated heterocycles. The van der Waals surface area contributed by atoms with Gasteiger partial charge in [-0.2, -0.15) is 0 Å². The van der Waals surface area contributed by atoms with Gasteiger partial charge in [0.2, 0.25) is 0 Å². The maximum Gasteiger partial charge on any atom is 0.154 e. The van der Waals surface area contributed by atoms with Crippen LogP contribution >= 0.6 is 0 Å². The number of rotatable bonds is 0. The monoisotopic (exact) mass is 262 g/mol. The molecule has 0 unspecified atom stereocenters. The lowest BCUT2D eigenvalue weighted by molar-refractivity contribution is -0.187. The molecule has 4 heteroatoms. The topological polar surface area (TPSA) is 36.9 Å². The van der Waals surface area contributed by atoms with E-state index in [1.54, 1.807) is 0 Å². The summed E-state index contributed by atoms with van der Waals surface area (Å²) in [7, 11) is 0. The van der Waals surface area contributed by atoms with Crippen molar-refractivity contribution in [1.29, 1.82) is 0 Å². The van der Waals surface area contributed by atoms with Gasteiger partial charge >= 0.3 is 0 Å². The average Bonchev–Trinajstić information content (AvgIpc) is 2.40. The molecule has 0 aromatic rings. The fourth-order valence-electron chi connectivity index (χ4n) is 1.39. The molecule has 0 radical (unpaired) electrons. The normalized spacial score (nSPS) is 35.7. The molecule has 0 aliphatic carbocycles. The van der Waals surface area contributed by atoms with E-state index >= 15 is 0 Å². The highest BCUT2D eigenvalue weighted by Crippen LogP contribution is 2.09. The molecule has 2 rings (SSSR count). The van der Waals surface area contributed by atoms with Crippen molar-refractivity contribution in [3.8, 4) is 0 Å². The molecule has 18 heavy (non-hydrogen) atoms. The van der Waals surface area contributed by atoms with Crippen molar-refractivity contribution in [2.75, 3.05) is 26.4 Å². The first-order valence-electron chi connectivity index (χ1n) is 7.04. The van der Waals surface area contributed by atoms with Gasteiger partial charge < -0.3 is 18.9 Å². The Morgan fingerprint density at radius 2 is 0.778 bits per heavy atom. The fraction of sp³-hybridized carbons (Fsp3) is 1.00. The second-order valence-corrected chi connectivity index (χ2v) is 4.68. The van der Waals surface area contributed by atoms with E-state index in [1.165, 1.54) is 0 Å². The minimum Gasteiger partial charge on any atom is -0.353 e. The maximum atomic E-state index is 5.17. The van der Waals surface area contributed by atoms with Crippen molar-refractivity contribution in [2.24, 2.45) is 11.8 Å². The Kier molecular flexibility index (Phi) is 10.6. The molecule has 0 N–H and O–H groups in total. The standard InChI is InChI=1S/2C6H12O2.C2H6/c2*1-5-3-7-6(2)8-4-5;1-2/h2*5-6H,3-4H2,1-2H3;1-2H3. The zero-order valence-corrected chi connectivity index (χ0v) is 12.8. The van der Waals surface area contributed by atoms with Crippen LogP contribution < -0.4 is 0 Å². The predicted molar refractivity (Wildman–Crippen MR) is 72.4 cm³/mol. The lowest BCUT2D eigenvalue weighted by Crippen LogP contribution is -2.27. The van der Waals surface area contributed by atoms with Gasteiger partial charge in [0.15, 0.2) is 12.6 Å². The molecule has 0 bridgehead atoms. The van der Waals surface area contributed by atoms with E-state index in [1.807, 2.05) is 27.7 Å². The van der Waals surface area contributed by atoms with Crippen LogP contribution in [0.25, 0.3) is 0 Å². The first-order valence-corrected chi connectivity index (χ1v) is 7.04. The van der Waals surface area contributed by atoms with Crippen LogP contribution in [-0.2, 0) is 18.9 Å². The van der Waals surface area contributed by atoms with Gasteiger partial charge in [-0.25, -0.2) is 0 Å². The van der Waals surface area contributed by atoms with Crippen molar-refractivity contribution in [2.45, 2.75) is 54.1 Å². The fourth-order valence-corrected chi connectivity index (χ4v) is 1.39. The van der Waals surface area contributed by atoms with E-state index in [0.29, 0.717) is 11.8 Å². The minimum absolute atomic E-state index is 0.0196. The first-order chi connectivity index (χ1) is 8.58. The smallest absolute Gasteiger partial charge is 0.154 e. The molecule has 2 heterocycles. The summed E-state index contributed by atoms with van der Waals surface area (Å²) in [6, 6.07) is 0. The third-order valence-electron chi connectivity index (χ3n) is 2.46. The molecule has 4 nitrogen and oxygen atoms in total. The van der Waals surface area contributed by atoms with Crippen LogP contribution in [-0.4, -0.2) is 39.0 Å². The van der Waals surface area contributed by atoms with Gasteiger partial charge in [0.25, 0.3) is 0 Å². The summed E-state index contributed by atoms with van der Waals surface area (Å²) in [5, 5.41) is 0. The van der Waals surface area contributed by atoms with Crippen molar-refractivity contribution in [3.05, 3.63) is 0 Å². The van der Waals surface area contributed by atoms with Gasteiger partial charge in [-0.1, -0.05) is 27.7 Å². The van der Waals surface area contributed by atoms with E-state index in [9.17, 15) is 0 Å². The van der Waals surface area contributed by atoms with Crippen LogP contribution in [0, 0.1) is 11.8 Å². The van der Waals surface area contributed by atoms with Crippen molar-refractivity contribution in [3.63, 3.8) is 0 Å². The summed E-state index contributed by atoms with van der Waals surface area (Å²) in [5.41, 5.74) is 0. The second kappa shape index (κ2) is 10.7. The number of hydrogen-bond acceptors (Lipinski definition) is 4. The van der Waals surface area contributed by atoms with Gasteiger partial charge in [0.05, 0.1) is 26.4 Å². The SMILES string of the molecule is CC.CC1COC(C)OC1.CC1COC(C)OC1. The maximum absolute atomic E-state index is 5.17. The number of hydrogen-bond donors (Lipinski definition) is 0. The average molecular weight is 262 g/mol. The zero-order valence-electron chi connectivity index (χ0n) is 12.8. The highest BCUT2D eigenvalue weighted by atomic mass is 16.7. The molecule has 0 spiro atoms. The minimum atomic E-state index is 0.0196. The van der Waals surface area contributed by atoms with Crippen LogP contribution in [0.2, 0.25) is 0 Å². The van der Waals surface area contributed by atoms with Crippen molar-refractivity contribution in [1.82, 2.24) is 0 Å². The summed E-state index contributed by atoms with van der Waals surface area (Å²) in [6.45, 7) is 15.5. The van der Waals surface area contributed by atoms with Crippen LogP contribution in [0.15, 0.2) is 0 Å². The van der Waals surface area contributed by atoms with Crippen LogP contribution in [0.5, 0.6) is 0 Å². The van der Waals surface area contributed by atoms with Crippen molar-refractivity contribution >= 4 is 0 Å². The predicted octanol–water partition coefficient (Wildman–Crippen LogP) is 3.06. The Hall–Kier alpha value is -0.160. The van der Waals surface area contributed by atoms with Crippen molar-refractivity contribution < 1.29 is 18.9 Å². The summed E-state index contributed by atoms with van der Waals surface area (Å²) in [5.74, 6) is 1.15. The molecule has 0 atom stereocenters. The lowest BCUT2D eigenvalue weighted by atomic mass is 10.2. The summed E-state index contributed by atoms with van der Waals surface area (Å²) in [4.78, 5) is 0. The van der Waals surface area contributed by atoms with E-state index in [2.05, 4.69) is 13.8 Å². The molecule has 0 aromatic heterocycles. The van der Waals surface area contributed by atoms with Crippen LogP contribution in [0.3, 0.4) is 0 Å². The summed E-state index contributed by atoms with van der Waals surface area (Å²) >= 11 is 0. The molecule has 2 aliphatic rings. The highest BCUT2D eigenvalue weighted by molar-refractivity contribution is 4.54. The molecule has 0 aromatic carbocycles. The van der Waals surface area contributed by atoms with Gasteiger partial charge in [0, 0.05) is 11.8 Å². The highest BCUT2D eigenvalue weighted by Gasteiger charge is 2.14. The van der Waals surface area contributed by atoms with E-state index < -0.39 is 0 Å². The lowest BCUT2D eigenvalue weighted by Gasteiger charge is -2.24. The van der Waals surface area contributed by atoms with E-state index in [4.69, 9.17) is 18.9 Å². The van der Waals surface area contributed by atoms with Crippen LogP contribution in [0.1, 0.15) is 41.5 Å². The van der Waals surface area contributed by atoms with Gasteiger partial charge in [-0.3, -0.25) is 0 Å². The Balaban J connectivity index is 0.000000283.